The second kappa shape index (κ2) is 11.3. The number of aliphatic imine (C=N–C) groups is 1. The highest BCUT2D eigenvalue weighted by Gasteiger charge is 2.35. The fourth-order valence-corrected chi connectivity index (χ4v) is 4.12. The van der Waals surface area contributed by atoms with Gasteiger partial charge in [0, 0.05) is 25.6 Å². The van der Waals surface area contributed by atoms with E-state index in [2.05, 4.69) is 46.0 Å². The monoisotopic (exact) mass is 525 g/mol. The van der Waals surface area contributed by atoms with Crippen LogP contribution in [0.5, 0.6) is 17.2 Å². The van der Waals surface area contributed by atoms with Crippen molar-refractivity contribution < 1.29 is 14.6 Å². The Morgan fingerprint density at radius 2 is 1.63 bits per heavy atom. The number of guanidine groups is 1. The number of rotatable bonds is 7. The van der Waals surface area contributed by atoms with E-state index in [1.807, 2.05) is 0 Å². The van der Waals surface area contributed by atoms with Gasteiger partial charge in [0.1, 0.15) is 0 Å². The third-order valence-corrected chi connectivity index (χ3v) is 5.76. The molecule has 3 rings (SSSR count). The molecule has 0 bridgehead atoms. The summed E-state index contributed by atoms with van der Waals surface area (Å²) in [5.41, 5.74) is 2.48. The van der Waals surface area contributed by atoms with E-state index >= 15 is 0 Å². The number of halogens is 1. The summed E-state index contributed by atoms with van der Waals surface area (Å²) in [6, 6.07) is 14.4. The first-order chi connectivity index (χ1) is 14.1. The minimum atomic E-state index is 0. The van der Waals surface area contributed by atoms with Crippen molar-refractivity contribution in [3.63, 3.8) is 0 Å². The van der Waals surface area contributed by atoms with Gasteiger partial charge in [0.25, 0.3) is 0 Å². The van der Waals surface area contributed by atoms with Gasteiger partial charge in [0.15, 0.2) is 17.5 Å². The number of hydrogen-bond donors (Lipinski definition) is 3. The molecule has 164 valence electrons. The molecule has 1 aliphatic rings. The van der Waals surface area contributed by atoms with Gasteiger partial charge in [-0.1, -0.05) is 43.2 Å². The van der Waals surface area contributed by atoms with Crippen molar-refractivity contribution in [2.45, 2.75) is 37.6 Å². The Labute approximate surface area is 196 Å². The minimum absolute atomic E-state index is 0. The lowest BCUT2D eigenvalue weighted by atomic mass is 9.79. The fourth-order valence-electron chi connectivity index (χ4n) is 4.12. The van der Waals surface area contributed by atoms with Gasteiger partial charge in [-0.2, -0.15) is 0 Å². The Bertz CT molecular complexity index is 812. The van der Waals surface area contributed by atoms with Crippen LogP contribution in [0, 0.1) is 0 Å². The van der Waals surface area contributed by atoms with E-state index in [0.717, 1.165) is 18.1 Å². The van der Waals surface area contributed by atoms with E-state index in [4.69, 9.17) is 9.47 Å². The van der Waals surface area contributed by atoms with Crippen molar-refractivity contribution in [1.29, 1.82) is 0 Å². The number of benzene rings is 2. The average molecular weight is 525 g/mol. The first-order valence-corrected chi connectivity index (χ1v) is 10.1. The number of ether oxygens (including phenoxy) is 2. The molecule has 0 radical (unpaired) electrons. The Hall–Kier alpha value is -2.16. The predicted octanol–water partition coefficient (Wildman–Crippen LogP) is 4.20. The van der Waals surface area contributed by atoms with Crippen LogP contribution in [0.1, 0.15) is 36.8 Å². The molecule has 0 aliphatic heterocycles. The maximum absolute atomic E-state index is 10.1. The SMILES string of the molecule is CN=C(NCc1cc(OC)c(O)c(OC)c1)NCC1(c2ccccc2)CCCC1.I. The van der Waals surface area contributed by atoms with Crippen LogP contribution < -0.4 is 20.1 Å². The molecule has 0 amide bonds. The van der Waals surface area contributed by atoms with Crippen molar-refractivity contribution in [3.8, 4) is 17.2 Å². The summed E-state index contributed by atoms with van der Waals surface area (Å²) < 4.78 is 10.5. The van der Waals surface area contributed by atoms with Gasteiger partial charge in [-0.3, -0.25) is 4.99 Å². The van der Waals surface area contributed by atoms with Crippen LogP contribution in [0.3, 0.4) is 0 Å². The zero-order valence-corrected chi connectivity index (χ0v) is 20.2. The summed E-state index contributed by atoms with van der Waals surface area (Å²) in [6.07, 6.45) is 4.89. The summed E-state index contributed by atoms with van der Waals surface area (Å²) in [4.78, 5) is 4.37. The van der Waals surface area contributed by atoms with Crippen LogP contribution in [-0.4, -0.2) is 38.9 Å². The summed E-state index contributed by atoms with van der Waals surface area (Å²) in [7, 11) is 4.82. The molecule has 1 fully saturated rings. The van der Waals surface area contributed by atoms with E-state index < -0.39 is 0 Å². The van der Waals surface area contributed by atoms with Crippen LogP contribution in [-0.2, 0) is 12.0 Å². The van der Waals surface area contributed by atoms with Gasteiger partial charge < -0.3 is 25.2 Å². The first-order valence-electron chi connectivity index (χ1n) is 10.1. The number of hydrogen-bond acceptors (Lipinski definition) is 4. The molecule has 0 heterocycles. The predicted molar refractivity (Wildman–Crippen MR) is 131 cm³/mol. The van der Waals surface area contributed by atoms with Crippen LogP contribution in [0.15, 0.2) is 47.5 Å². The third-order valence-electron chi connectivity index (χ3n) is 5.76. The van der Waals surface area contributed by atoms with Crippen LogP contribution in [0.25, 0.3) is 0 Å². The summed E-state index contributed by atoms with van der Waals surface area (Å²) in [5.74, 6) is 1.53. The number of phenols is 1. The Morgan fingerprint density at radius 1 is 1.03 bits per heavy atom. The molecule has 30 heavy (non-hydrogen) atoms. The highest BCUT2D eigenvalue weighted by molar-refractivity contribution is 14.0. The van der Waals surface area contributed by atoms with E-state index in [1.54, 1.807) is 19.2 Å². The molecule has 1 saturated carbocycles. The molecule has 0 saturated heterocycles. The quantitative estimate of drug-likeness (QED) is 0.287. The zero-order valence-electron chi connectivity index (χ0n) is 17.9. The van der Waals surface area contributed by atoms with Gasteiger partial charge in [0.05, 0.1) is 14.2 Å². The molecule has 0 spiro atoms. The number of phenolic OH excluding ortho intramolecular Hbond substituents is 1. The number of methoxy groups -OCH3 is 2. The molecule has 1 aliphatic carbocycles. The Kier molecular flexibility index (Phi) is 9.08. The fraction of sp³-hybridized carbons (Fsp3) is 0.435. The summed E-state index contributed by atoms with van der Waals surface area (Å²) in [6.45, 7) is 1.38. The number of nitrogens with one attached hydrogen (secondary N) is 2. The molecule has 7 heteroatoms. The molecule has 2 aromatic carbocycles. The summed E-state index contributed by atoms with van der Waals surface area (Å²) >= 11 is 0. The molecule has 0 atom stereocenters. The highest BCUT2D eigenvalue weighted by Crippen LogP contribution is 2.40. The summed E-state index contributed by atoms with van der Waals surface area (Å²) in [5, 5.41) is 16.9. The highest BCUT2D eigenvalue weighted by atomic mass is 127. The molecule has 0 aromatic heterocycles. The van der Waals surface area contributed by atoms with Crippen molar-refractivity contribution in [3.05, 3.63) is 53.6 Å². The lowest BCUT2D eigenvalue weighted by molar-refractivity contribution is 0.339. The van der Waals surface area contributed by atoms with Gasteiger partial charge in [0.2, 0.25) is 5.75 Å². The topological polar surface area (TPSA) is 75.1 Å². The van der Waals surface area contributed by atoms with Crippen LogP contribution in [0.2, 0.25) is 0 Å². The second-order valence-corrected chi connectivity index (χ2v) is 7.48. The molecule has 2 aromatic rings. The Balaban J connectivity index is 0.00000320. The first kappa shape index (κ1) is 24.1. The minimum Gasteiger partial charge on any atom is -0.502 e. The number of nitrogens with zero attached hydrogens (tertiary/aromatic N) is 1. The van der Waals surface area contributed by atoms with Crippen molar-refractivity contribution >= 4 is 29.9 Å². The van der Waals surface area contributed by atoms with E-state index in [1.165, 1.54) is 45.5 Å². The average Bonchev–Trinajstić information content (AvgIpc) is 3.25. The maximum Gasteiger partial charge on any atom is 0.200 e. The van der Waals surface area contributed by atoms with Crippen molar-refractivity contribution in [2.24, 2.45) is 4.99 Å². The molecular weight excluding hydrogens is 493 g/mol. The molecule has 6 nitrogen and oxygen atoms in total. The van der Waals surface area contributed by atoms with Gasteiger partial charge in [-0.25, -0.2) is 0 Å². The second-order valence-electron chi connectivity index (χ2n) is 7.48. The standard InChI is InChI=1S/C23H31N3O3.HI/c1-24-22(25-15-17-13-19(28-2)21(27)20(14-17)29-3)26-16-23(11-7-8-12-23)18-9-5-4-6-10-18;/h4-6,9-10,13-14,27H,7-8,11-12,15-16H2,1-3H3,(H2,24,25,26);1H. The van der Waals surface area contributed by atoms with E-state index in [9.17, 15) is 5.11 Å². The largest absolute Gasteiger partial charge is 0.502 e. The van der Waals surface area contributed by atoms with Crippen molar-refractivity contribution in [2.75, 3.05) is 27.8 Å². The lowest BCUT2D eigenvalue weighted by Crippen LogP contribution is -2.44. The third kappa shape index (κ3) is 5.50. The molecular formula is C23H32IN3O3. The Morgan fingerprint density at radius 3 is 2.17 bits per heavy atom. The van der Waals surface area contributed by atoms with Crippen LogP contribution in [0.4, 0.5) is 0 Å². The molecule has 0 unspecified atom stereocenters. The van der Waals surface area contributed by atoms with Crippen molar-refractivity contribution in [1.82, 2.24) is 10.6 Å². The maximum atomic E-state index is 10.1. The number of aromatic hydroxyl groups is 1. The zero-order chi connectivity index (χ0) is 20.7. The smallest absolute Gasteiger partial charge is 0.200 e. The van der Waals surface area contributed by atoms with E-state index in [0.29, 0.717) is 18.0 Å². The van der Waals surface area contributed by atoms with Gasteiger partial charge in [-0.15, -0.1) is 24.0 Å². The lowest BCUT2D eigenvalue weighted by Gasteiger charge is -2.30. The van der Waals surface area contributed by atoms with Gasteiger partial charge in [-0.05, 0) is 36.1 Å². The van der Waals surface area contributed by atoms with Crippen LogP contribution >= 0.6 is 24.0 Å². The normalized spacial score (nSPS) is 15.2. The molecule has 3 N–H and O–H groups in total. The van der Waals surface area contributed by atoms with Gasteiger partial charge >= 0.3 is 0 Å². The van der Waals surface area contributed by atoms with E-state index in [-0.39, 0.29) is 35.1 Å².